The van der Waals surface area contributed by atoms with Gasteiger partial charge in [0, 0.05) is 18.7 Å². The summed E-state index contributed by atoms with van der Waals surface area (Å²) in [5, 5.41) is 11.2. The highest BCUT2D eigenvalue weighted by Gasteiger charge is 2.67. The number of carbonyl (C=O) groups is 1. The normalized spacial score (nSPS) is 23.8. The molecule has 0 spiro atoms. The van der Waals surface area contributed by atoms with Gasteiger partial charge in [-0.15, -0.1) is 33.4 Å². The number of aryl methyl sites for hydroxylation is 1. The molecule has 1 saturated carbocycles. The van der Waals surface area contributed by atoms with Gasteiger partial charge in [-0.05, 0) is 44.4 Å². The van der Waals surface area contributed by atoms with Crippen LogP contribution in [0.5, 0.6) is 0 Å². The van der Waals surface area contributed by atoms with Crippen molar-refractivity contribution in [1.29, 1.82) is 0 Å². The lowest BCUT2D eigenvalue weighted by atomic mass is 10.1. The molecule has 5 nitrogen and oxygen atoms in total. The second-order valence-corrected chi connectivity index (χ2v) is 8.75. The molecule has 1 aromatic heterocycles. The summed E-state index contributed by atoms with van der Waals surface area (Å²) < 4.78 is 15.4. The number of rotatable bonds is 3. The number of hydrogen-bond donors (Lipinski definition) is 1. The van der Waals surface area contributed by atoms with Crippen LogP contribution in [0.1, 0.15) is 38.4 Å². The second-order valence-electron chi connectivity index (χ2n) is 7.26. The van der Waals surface area contributed by atoms with E-state index in [0.29, 0.717) is 23.5 Å². The van der Waals surface area contributed by atoms with Gasteiger partial charge in [0.1, 0.15) is 16.0 Å². The van der Waals surface area contributed by atoms with Crippen molar-refractivity contribution in [2.24, 2.45) is 5.41 Å². The molecule has 138 valence electrons. The summed E-state index contributed by atoms with van der Waals surface area (Å²) in [5.41, 5.74) is -0.0293. The zero-order valence-corrected chi connectivity index (χ0v) is 15.9. The number of hydrogen-bond acceptors (Lipinski definition) is 3. The van der Waals surface area contributed by atoms with Crippen molar-refractivity contribution in [2.45, 2.75) is 49.9 Å². The number of anilines is 1. The van der Waals surface area contributed by atoms with Crippen molar-refractivity contribution in [3.05, 3.63) is 29.8 Å². The molecule has 0 bridgehead atoms. The Morgan fingerprint density at radius 1 is 1.27 bits per heavy atom. The van der Waals surface area contributed by atoms with E-state index in [1.54, 1.807) is 13.0 Å². The molecule has 1 N–H and O–H groups in total. The van der Waals surface area contributed by atoms with Gasteiger partial charge in [-0.25, -0.2) is 4.39 Å². The van der Waals surface area contributed by atoms with E-state index in [2.05, 4.69) is 15.5 Å². The number of alkyl halides is 2. The van der Waals surface area contributed by atoms with Crippen LogP contribution in [-0.4, -0.2) is 25.0 Å². The van der Waals surface area contributed by atoms with Crippen molar-refractivity contribution in [2.75, 3.05) is 5.32 Å². The maximum absolute atomic E-state index is 14.5. The number of halogens is 3. The zero-order chi connectivity index (χ0) is 18.5. The number of carbonyl (C=O) groups excluding carboxylic acids is 1. The van der Waals surface area contributed by atoms with Gasteiger partial charge in [0.2, 0.25) is 5.91 Å². The van der Waals surface area contributed by atoms with Crippen molar-refractivity contribution in [3.8, 4) is 11.4 Å². The Balaban J connectivity index is 1.64. The summed E-state index contributed by atoms with van der Waals surface area (Å²) in [6.07, 6.45) is 4.44. The Labute approximate surface area is 160 Å². The smallest absolute Gasteiger partial charge is 0.233 e. The predicted molar refractivity (Wildman–Crippen MR) is 98.8 cm³/mol. The maximum atomic E-state index is 14.5. The first-order valence-corrected chi connectivity index (χ1v) is 9.49. The average molecular weight is 397 g/mol. The molecular formula is C18H19Cl2FN4O. The molecule has 4 rings (SSSR count). The molecule has 1 fully saturated rings. The van der Waals surface area contributed by atoms with Crippen LogP contribution in [0.4, 0.5) is 10.1 Å². The van der Waals surface area contributed by atoms with Crippen LogP contribution in [0.25, 0.3) is 11.4 Å². The highest BCUT2D eigenvalue weighted by atomic mass is 35.5. The van der Waals surface area contributed by atoms with Crippen LogP contribution in [-0.2, 0) is 17.8 Å². The Kier molecular flexibility index (Phi) is 4.23. The van der Waals surface area contributed by atoms with Crippen LogP contribution in [0.3, 0.4) is 0 Å². The van der Waals surface area contributed by atoms with Crippen LogP contribution in [0.15, 0.2) is 18.2 Å². The molecule has 1 aromatic carbocycles. The first kappa shape index (κ1) is 17.7. The minimum absolute atomic E-state index is 0.278. The van der Waals surface area contributed by atoms with Crippen molar-refractivity contribution in [1.82, 2.24) is 14.8 Å². The van der Waals surface area contributed by atoms with Gasteiger partial charge in [-0.1, -0.05) is 6.42 Å². The molecule has 8 heteroatoms. The number of nitrogens with zero attached hydrogens (tertiary/aromatic N) is 3. The fourth-order valence-electron chi connectivity index (χ4n) is 3.37. The predicted octanol–water partition coefficient (Wildman–Crippen LogP) is 4.33. The lowest BCUT2D eigenvalue weighted by molar-refractivity contribution is -0.120. The highest BCUT2D eigenvalue weighted by molar-refractivity contribution is 6.53. The van der Waals surface area contributed by atoms with Gasteiger partial charge in [-0.3, -0.25) is 4.79 Å². The quantitative estimate of drug-likeness (QED) is 0.785. The molecular weight excluding hydrogens is 378 g/mol. The summed E-state index contributed by atoms with van der Waals surface area (Å²) in [6.45, 7) is 2.48. The zero-order valence-electron chi connectivity index (χ0n) is 14.4. The lowest BCUT2D eigenvalue weighted by Gasteiger charge is -2.14. The Morgan fingerprint density at radius 2 is 2.04 bits per heavy atom. The van der Waals surface area contributed by atoms with Gasteiger partial charge in [0.05, 0.1) is 11.0 Å². The fourth-order valence-corrected chi connectivity index (χ4v) is 4.08. The fraction of sp³-hybridized carbons (Fsp3) is 0.500. The largest absolute Gasteiger partial charge is 0.325 e. The van der Waals surface area contributed by atoms with Crippen LogP contribution < -0.4 is 5.32 Å². The Bertz CT molecular complexity index is 882. The number of benzene rings is 1. The van der Waals surface area contributed by atoms with Crippen LogP contribution >= 0.6 is 23.2 Å². The first-order chi connectivity index (χ1) is 12.3. The van der Waals surface area contributed by atoms with Gasteiger partial charge in [0.15, 0.2) is 5.82 Å². The van der Waals surface area contributed by atoms with Crippen molar-refractivity contribution >= 4 is 34.8 Å². The standard InChI is InChI=1S/C18H19Cl2FN4O/c1-17(10-18(17,19)20)16(26)22-11-6-7-13(21)12(9-11)15-24-23-14-5-3-2-4-8-25(14)15/h6-7,9H,2-5,8,10H2,1H3,(H,22,26). The van der Waals surface area contributed by atoms with E-state index in [-0.39, 0.29) is 5.91 Å². The summed E-state index contributed by atoms with van der Waals surface area (Å²) in [7, 11) is 0. The Morgan fingerprint density at radius 3 is 2.77 bits per heavy atom. The molecule has 2 aliphatic rings. The first-order valence-electron chi connectivity index (χ1n) is 8.73. The molecule has 26 heavy (non-hydrogen) atoms. The number of amides is 1. The third-order valence-electron chi connectivity index (χ3n) is 5.33. The maximum Gasteiger partial charge on any atom is 0.233 e. The SMILES string of the molecule is CC1(C(=O)Nc2ccc(F)c(-c3nnc4n3CCCCC4)c2)CC1(Cl)Cl. The van der Waals surface area contributed by atoms with E-state index >= 15 is 0 Å². The minimum Gasteiger partial charge on any atom is -0.325 e. The molecule has 1 amide bonds. The third kappa shape index (κ3) is 2.89. The summed E-state index contributed by atoms with van der Waals surface area (Å²) in [6, 6.07) is 4.44. The van der Waals surface area contributed by atoms with Crippen LogP contribution in [0, 0.1) is 11.2 Å². The van der Waals surface area contributed by atoms with E-state index in [9.17, 15) is 9.18 Å². The molecule has 1 aliphatic carbocycles. The van der Waals surface area contributed by atoms with E-state index in [1.807, 2.05) is 4.57 Å². The Hall–Kier alpha value is -1.66. The molecule has 1 atom stereocenters. The third-order valence-corrected chi connectivity index (χ3v) is 6.44. The molecule has 1 unspecified atom stereocenters. The molecule has 2 aromatic rings. The van der Waals surface area contributed by atoms with Crippen LogP contribution in [0.2, 0.25) is 0 Å². The summed E-state index contributed by atoms with van der Waals surface area (Å²) in [4.78, 5) is 12.5. The number of aromatic nitrogens is 3. The molecule has 0 saturated heterocycles. The van der Waals surface area contributed by atoms with Crippen molar-refractivity contribution in [3.63, 3.8) is 0 Å². The summed E-state index contributed by atoms with van der Waals surface area (Å²) in [5.74, 6) is 0.701. The lowest BCUT2D eigenvalue weighted by Crippen LogP contribution is -2.26. The average Bonchev–Trinajstić information content (AvgIpc) is 3.02. The van der Waals surface area contributed by atoms with E-state index in [1.165, 1.54) is 12.1 Å². The number of nitrogens with one attached hydrogen (secondary N) is 1. The number of fused-ring (bicyclic) bond motifs is 1. The van der Waals surface area contributed by atoms with Gasteiger partial charge in [0.25, 0.3) is 0 Å². The molecule has 2 heterocycles. The van der Waals surface area contributed by atoms with E-state index < -0.39 is 15.6 Å². The second kappa shape index (κ2) is 6.20. The van der Waals surface area contributed by atoms with Gasteiger partial charge < -0.3 is 9.88 Å². The molecule has 0 radical (unpaired) electrons. The topological polar surface area (TPSA) is 59.8 Å². The minimum atomic E-state index is -1.05. The van der Waals surface area contributed by atoms with E-state index in [4.69, 9.17) is 23.2 Å². The van der Waals surface area contributed by atoms with Gasteiger partial charge >= 0.3 is 0 Å². The van der Waals surface area contributed by atoms with Gasteiger partial charge in [-0.2, -0.15) is 0 Å². The monoisotopic (exact) mass is 396 g/mol. The summed E-state index contributed by atoms with van der Waals surface area (Å²) >= 11 is 12.1. The van der Waals surface area contributed by atoms with E-state index in [0.717, 1.165) is 38.1 Å². The highest BCUT2D eigenvalue weighted by Crippen LogP contribution is 2.64. The molecule has 1 aliphatic heterocycles. The van der Waals surface area contributed by atoms with Crippen molar-refractivity contribution < 1.29 is 9.18 Å².